The molecule has 10 nitrogen and oxygen atoms in total. The van der Waals surface area contributed by atoms with Crippen LogP contribution in [0.25, 0.3) is 0 Å². The van der Waals surface area contributed by atoms with E-state index in [1.807, 2.05) is 6.92 Å². The Kier molecular flexibility index (Phi) is 8.45. The van der Waals surface area contributed by atoms with Crippen molar-refractivity contribution in [1.29, 1.82) is 0 Å². The lowest BCUT2D eigenvalue weighted by molar-refractivity contribution is 0.0719. The number of amides is 2. The van der Waals surface area contributed by atoms with Crippen LogP contribution in [0, 0.1) is 5.92 Å². The quantitative estimate of drug-likeness (QED) is 0.620. The average Bonchev–Trinajstić information content (AvgIpc) is 2.76. The molecule has 2 amide bonds. The lowest BCUT2D eigenvalue weighted by Gasteiger charge is -2.28. The number of aromatic nitrogens is 4. The molecule has 1 N–H and O–H groups in total. The largest absolute Gasteiger partial charge is 0.480 e. The first-order valence-corrected chi connectivity index (χ1v) is 9.73. The van der Waals surface area contributed by atoms with Gasteiger partial charge in [-0.3, -0.25) is 9.59 Å². The summed E-state index contributed by atoms with van der Waals surface area (Å²) < 4.78 is 9.94. The van der Waals surface area contributed by atoms with Gasteiger partial charge in [0, 0.05) is 31.3 Å². The molecule has 0 aliphatic carbocycles. The van der Waals surface area contributed by atoms with E-state index >= 15 is 0 Å². The van der Waals surface area contributed by atoms with Crippen LogP contribution >= 0.6 is 0 Å². The monoisotopic (exact) mass is 416 g/mol. The van der Waals surface area contributed by atoms with Crippen molar-refractivity contribution in [2.24, 2.45) is 5.92 Å². The first-order chi connectivity index (χ1) is 14.4. The molecule has 2 heterocycles. The molecule has 0 saturated heterocycles. The Bertz CT molecular complexity index is 826. The van der Waals surface area contributed by atoms with Crippen molar-refractivity contribution in [3.63, 3.8) is 0 Å². The lowest BCUT2D eigenvalue weighted by Crippen LogP contribution is -2.46. The van der Waals surface area contributed by atoms with Crippen LogP contribution in [0.3, 0.4) is 0 Å². The van der Waals surface area contributed by atoms with Gasteiger partial charge < -0.3 is 19.7 Å². The van der Waals surface area contributed by atoms with E-state index in [1.54, 1.807) is 29.2 Å². The van der Waals surface area contributed by atoms with Gasteiger partial charge in [0.05, 0.1) is 14.2 Å². The van der Waals surface area contributed by atoms with Gasteiger partial charge in [0.25, 0.3) is 11.8 Å². The minimum atomic E-state index is -0.358. The van der Waals surface area contributed by atoms with Gasteiger partial charge in [-0.05, 0) is 31.4 Å². The maximum atomic E-state index is 12.9. The molecule has 30 heavy (non-hydrogen) atoms. The summed E-state index contributed by atoms with van der Waals surface area (Å²) in [6.45, 7) is 6.77. The summed E-state index contributed by atoms with van der Waals surface area (Å²) >= 11 is 0. The van der Waals surface area contributed by atoms with Gasteiger partial charge in [0.2, 0.25) is 11.8 Å². The number of nitrogens with one attached hydrogen (secondary N) is 1. The smallest absolute Gasteiger partial charge is 0.274 e. The van der Waals surface area contributed by atoms with Crippen molar-refractivity contribution in [3.05, 3.63) is 35.7 Å². The Hall–Kier alpha value is -3.30. The fourth-order valence-electron chi connectivity index (χ4n) is 2.88. The first kappa shape index (κ1) is 23.0. The number of hydrogen-bond acceptors (Lipinski definition) is 8. The molecule has 0 saturated carbocycles. The van der Waals surface area contributed by atoms with Crippen LogP contribution in [0.2, 0.25) is 0 Å². The molecule has 2 rings (SSSR count). The van der Waals surface area contributed by atoms with Gasteiger partial charge in [-0.25, -0.2) is 0 Å². The lowest BCUT2D eigenvalue weighted by atomic mass is 10.0. The van der Waals surface area contributed by atoms with Crippen molar-refractivity contribution in [2.75, 3.05) is 27.3 Å². The topological polar surface area (TPSA) is 119 Å². The van der Waals surface area contributed by atoms with Crippen molar-refractivity contribution >= 4 is 11.8 Å². The van der Waals surface area contributed by atoms with Crippen LogP contribution in [0.5, 0.6) is 11.8 Å². The minimum absolute atomic E-state index is 0.181. The van der Waals surface area contributed by atoms with Crippen LogP contribution in [0.1, 0.15) is 48.2 Å². The molecule has 0 unspecified atom stereocenters. The summed E-state index contributed by atoms with van der Waals surface area (Å²) in [6, 6.07) is 6.01. The molecule has 162 valence electrons. The minimum Gasteiger partial charge on any atom is -0.480 e. The van der Waals surface area contributed by atoms with E-state index in [4.69, 9.17) is 9.47 Å². The summed E-state index contributed by atoms with van der Waals surface area (Å²) in [5.74, 6) is 0.351. The third-order valence-electron chi connectivity index (χ3n) is 4.35. The van der Waals surface area contributed by atoms with E-state index in [9.17, 15) is 9.59 Å². The van der Waals surface area contributed by atoms with Crippen LogP contribution in [0.15, 0.2) is 24.3 Å². The normalized spacial score (nSPS) is 11.7. The van der Waals surface area contributed by atoms with Gasteiger partial charge in [0.1, 0.15) is 0 Å². The molecule has 0 aromatic carbocycles. The number of nitrogens with zero attached hydrogens (tertiary/aromatic N) is 5. The van der Waals surface area contributed by atoms with E-state index in [2.05, 4.69) is 39.6 Å². The van der Waals surface area contributed by atoms with Crippen LogP contribution in [-0.4, -0.2) is 70.5 Å². The van der Waals surface area contributed by atoms with E-state index < -0.39 is 0 Å². The summed E-state index contributed by atoms with van der Waals surface area (Å²) in [7, 11) is 2.96. The van der Waals surface area contributed by atoms with Crippen molar-refractivity contribution in [1.82, 2.24) is 30.6 Å². The van der Waals surface area contributed by atoms with Crippen molar-refractivity contribution < 1.29 is 19.1 Å². The van der Waals surface area contributed by atoms with Gasteiger partial charge >= 0.3 is 0 Å². The number of carbonyl (C=O) groups excluding carboxylic acids is 2. The Morgan fingerprint density at radius 2 is 1.53 bits per heavy atom. The zero-order valence-corrected chi connectivity index (χ0v) is 18.0. The second-order valence-electron chi connectivity index (χ2n) is 7.07. The molecule has 10 heteroatoms. The predicted octanol–water partition coefficient (Wildman–Crippen LogP) is 1.59. The molecule has 0 fully saturated rings. The molecule has 0 bridgehead atoms. The number of methoxy groups -OCH3 is 2. The van der Waals surface area contributed by atoms with Gasteiger partial charge in [-0.15, -0.1) is 20.4 Å². The first-order valence-electron chi connectivity index (χ1n) is 9.73. The zero-order chi connectivity index (χ0) is 22.1. The molecule has 0 aliphatic rings. The Labute approximate surface area is 176 Å². The SMILES string of the molecule is CCN(C[C@H](CC(C)C)NC(=O)c1ccc(OC)nn1)C(=O)c1ccc(OC)nn1. The van der Waals surface area contributed by atoms with E-state index in [-0.39, 0.29) is 29.2 Å². The highest BCUT2D eigenvalue weighted by Gasteiger charge is 2.23. The second kappa shape index (κ2) is 11.0. The number of carbonyl (C=O) groups is 2. The maximum absolute atomic E-state index is 12.9. The molecule has 2 aromatic rings. The van der Waals surface area contributed by atoms with Gasteiger partial charge in [-0.2, -0.15) is 0 Å². The maximum Gasteiger partial charge on any atom is 0.274 e. The third kappa shape index (κ3) is 6.36. The number of likely N-dealkylation sites (N-methyl/N-ethyl adjacent to an activating group) is 1. The highest BCUT2D eigenvalue weighted by molar-refractivity contribution is 5.93. The van der Waals surface area contributed by atoms with Crippen LogP contribution < -0.4 is 14.8 Å². The Morgan fingerprint density at radius 1 is 0.967 bits per heavy atom. The van der Waals surface area contributed by atoms with Crippen LogP contribution in [0.4, 0.5) is 0 Å². The highest BCUT2D eigenvalue weighted by Crippen LogP contribution is 2.12. The van der Waals surface area contributed by atoms with Gasteiger partial charge in [0.15, 0.2) is 11.4 Å². The average molecular weight is 416 g/mol. The molecule has 0 spiro atoms. The van der Waals surface area contributed by atoms with E-state index in [1.165, 1.54) is 14.2 Å². The summed E-state index contributed by atoms with van der Waals surface area (Å²) in [4.78, 5) is 27.1. The van der Waals surface area contributed by atoms with Crippen molar-refractivity contribution in [3.8, 4) is 11.8 Å². The summed E-state index contributed by atoms with van der Waals surface area (Å²) in [6.07, 6.45) is 0.688. The van der Waals surface area contributed by atoms with Gasteiger partial charge in [-0.1, -0.05) is 13.8 Å². The number of rotatable bonds is 10. The van der Waals surface area contributed by atoms with Crippen molar-refractivity contribution in [2.45, 2.75) is 33.2 Å². The molecule has 0 radical (unpaired) electrons. The fraction of sp³-hybridized carbons (Fsp3) is 0.500. The predicted molar refractivity (Wildman–Crippen MR) is 109 cm³/mol. The molecule has 2 aromatic heterocycles. The number of ether oxygens (including phenoxy) is 2. The highest BCUT2D eigenvalue weighted by atomic mass is 16.5. The Morgan fingerprint density at radius 3 is 1.97 bits per heavy atom. The zero-order valence-electron chi connectivity index (χ0n) is 18.0. The number of hydrogen-bond donors (Lipinski definition) is 1. The third-order valence-corrected chi connectivity index (χ3v) is 4.35. The summed E-state index contributed by atoms with van der Waals surface area (Å²) in [5, 5.41) is 18.4. The molecule has 0 aliphatic heterocycles. The molecular weight excluding hydrogens is 388 g/mol. The standard InChI is InChI=1S/C20H28N6O4/c1-6-26(20(28)16-8-10-18(30-5)25-23-16)12-14(11-13(2)3)21-19(27)15-7-9-17(29-4)24-22-15/h7-10,13-14H,6,11-12H2,1-5H3,(H,21,27)/t14-/m0/s1. The second-order valence-corrected chi connectivity index (χ2v) is 7.07. The summed E-state index contributed by atoms with van der Waals surface area (Å²) in [5.41, 5.74) is 0.397. The van der Waals surface area contributed by atoms with E-state index in [0.717, 1.165) is 0 Å². The van der Waals surface area contributed by atoms with Crippen LogP contribution in [-0.2, 0) is 0 Å². The molecular formula is C20H28N6O4. The molecule has 1 atom stereocenters. The fourth-order valence-corrected chi connectivity index (χ4v) is 2.88. The van der Waals surface area contributed by atoms with E-state index in [0.29, 0.717) is 37.2 Å². The Balaban J connectivity index is 2.11.